The average Bonchev–Trinajstić information content (AvgIpc) is 2.86. The fourth-order valence-corrected chi connectivity index (χ4v) is 2.21. The van der Waals surface area contributed by atoms with E-state index in [0.717, 1.165) is 12.1 Å². The van der Waals surface area contributed by atoms with Gasteiger partial charge in [-0.05, 0) is 34.1 Å². The van der Waals surface area contributed by atoms with Crippen LogP contribution in [0.4, 0.5) is 4.79 Å². The molecule has 1 aromatic rings. The molecular weight excluding hydrogens is 270 g/mol. The van der Waals surface area contributed by atoms with Crippen LogP contribution in [0.1, 0.15) is 45.9 Å². The van der Waals surface area contributed by atoms with E-state index < -0.39 is 5.60 Å². The Hall–Kier alpha value is -1.69. The Labute approximate surface area is 125 Å². The van der Waals surface area contributed by atoms with E-state index in [2.05, 4.69) is 9.97 Å². The lowest BCUT2D eigenvalue weighted by atomic mass is 10.2. The van der Waals surface area contributed by atoms with Crippen molar-refractivity contribution in [3.63, 3.8) is 0 Å². The molecule has 1 aliphatic rings. The zero-order chi connectivity index (χ0) is 15.5. The third-order valence-corrected chi connectivity index (χ3v) is 3.19. The average molecular weight is 293 g/mol. The van der Waals surface area contributed by atoms with E-state index in [1.54, 1.807) is 23.5 Å². The third-order valence-electron chi connectivity index (χ3n) is 3.19. The topological polar surface area (TPSA) is 64.5 Å². The maximum Gasteiger partial charge on any atom is 0.410 e. The molecular formula is C15H23N3O3. The summed E-state index contributed by atoms with van der Waals surface area (Å²) in [6.07, 6.45) is 5.39. The minimum absolute atomic E-state index is 0.00882. The van der Waals surface area contributed by atoms with Gasteiger partial charge in [-0.2, -0.15) is 0 Å². The molecule has 1 aromatic heterocycles. The van der Waals surface area contributed by atoms with Gasteiger partial charge >= 0.3 is 6.09 Å². The molecule has 1 saturated heterocycles. The third kappa shape index (κ3) is 4.67. The van der Waals surface area contributed by atoms with Crippen molar-refractivity contribution in [3.05, 3.63) is 24.3 Å². The van der Waals surface area contributed by atoms with Crippen molar-refractivity contribution in [2.24, 2.45) is 0 Å². The van der Waals surface area contributed by atoms with Crippen LogP contribution in [0.5, 0.6) is 0 Å². The second-order valence-electron chi connectivity index (χ2n) is 6.25. The lowest BCUT2D eigenvalue weighted by molar-refractivity contribution is -0.00572. The van der Waals surface area contributed by atoms with Gasteiger partial charge in [0.1, 0.15) is 5.60 Å². The first-order valence-electron chi connectivity index (χ1n) is 7.24. The molecule has 0 aromatic carbocycles. The van der Waals surface area contributed by atoms with Crippen molar-refractivity contribution in [1.29, 1.82) is 0 Å². The molecule has 21 heavy (non-hydrogen) atoms. The molecule has 2 rings (SSSR count). The summed E-state index contributed by atoms with van der Waals surface area (Å²) in [7, 11) is 0. The van der Waals surface area contributed by atoms with Crippen molar-refractivity contribution in [3.8, 4) is 0 Å². The largest absolute Gasteiger partial charge is 0.444 e. The molecule has 2 heterocycles. The summed E-state index contributed by atoms with van der Waals surface area (Å²) in [6, 6.07) is 0. The van der Waals surface area contributed by atoms with Gasteiger partial charge in [0.2, 0.25) is 0 Å². The van der Waals surface area contributed by atoms with Crippen LogP contribution in [0.15, 0.2) is 18.6 Å². The first kappa shape index (κ1) is 15.7. The Bertz CT molecular complexity index is 473. The molecule has 1 fully saturated rings. The van der Waals surface area contributed by atoms with E-state index in [4.69, 9.17) is 9.47 Å². The number of amides is 1. The number of aromatic nitrogens is 2. The second kappa shape index (κ2) is 6.39. The Morgan fingerprint density at radius 1 is 1.43 bits per heavy atom. The SMILES string of the molecule is C[C@@H](O[C@@H]1CCN(C(=O)OC(C)(C)C)C1)c1cnccn1. The number of likely N-dealkylation sites (tertiary alicyclic amines) is 1. The van der Waals surface area contributed by atoms with Crippen LogP contribution < -0.4 is 0 Å². The number of rotatable bonds is 3. The number of carbonyl (C=O) groups excluding carboxylic acids is 1. The van der Waals surface area contributed by atoms with Gasteiger partial charge in [0.15, 0.2) is 0 Å². The van der Waals surface area contributed by atoms with E-state index in [1.165, 1.54) is 0 Å². The van der Waals surface area contributed by atoms with Crippen molar-refractivity contribution >= 4 is 6.09 Å². The Balaban J connectivity index is 1.84. The standard InChI is InChI=1S/C15H23N3O3/c1-11(13-9-16-6-7-17-13)20-12-5-8-18(10-12)14(19)21-15(2,3)4/h6-7,9,11-12H,5,8,10H2,1-4H3/t11-,12-/m1/s1. The number of carbonyl (C=O) groups is 1. The Kier molecular flexibility index (Phi) is 4.77. The molecule has 6 nitrogen and oxygen atoms in total. The van der Waals surface area contributed by atoms with E-state index >= 15 is 0 Å². The van der Waals surface area contributed by atoms with Gasteiger partial charge in [-0.25, -0.2) is 4.79 Å². The minimum atomic E-state index is -0.469. The quantitative estimate of drug-likeness (QED) is 0.857. The van der Waals surface area contributed by atoms with Crippen molar-refractivity contribution in [1.82, 2.24) is 14.9 Å². The highest BCUT2D eigenvalue weighted by Crippen LogP contribution is 2.22. The Morgan fingerprint density at radius 3 is 2.81 bits per heavy atom. The summed E-state index contributed by atoms with van der Waals surface area (Å²) < 4.78 is 11.3. The maximum atomic E-state index is 12.0. The lowest BCUT2D eigenvalue weighted by Crippen LogP contribution is -2.36. The molecule has 0 unspecified atom stereocenters. The zero-order valence-electron chi connectivity index (χ0n) is 13.1. The summed E-state index contributed by atoms with van der Waals surface area (Å²) in [6.45, 7) is 8.76. The molecule has 0 spiro atoms. The van der Waals surface area contributed by atoms with Crippen LogP contribution in [0.25, 0.3) is 0 Å². The lowest BCUT2D eigenvalue weighted by Gasteiger charge is -2.24. The van der Waals surface area contributed by atoms with Crippen LogP contribution in [0.2, 0.25) is 0 Å². The van der Waals surface area contributed by atoms with Gasteiger partial charge in [0, 0.05) is 18.9 Å². The van der Waals surface area contributed by atoms with Crippen molar-refractivity contribution < 1.29 is 14.3 Å². The molecule has 116 valence electrons. The number of ether oxygens (including phenoxy) is 2. The highest BCUT2D eigenvalue weighted by atomic mass is 16.6. The van der Waals surface area contributed by atoms with Crippen LogP contribution in [0.3, 0.4) is 0 Å². The highest BCUT2D eigenvalue weighted by molar-refractivity contribution is 5.68. The van der Waals surface area contributed by atoms with Crippen LogP contribution in [0, 0.1) is 0 Å². The van der Waals surface area contributed by atoms with Crippen LogP contribution >= 0.6 is 0 Å². The molecule has 0 saturated carbocycles. The van der Waals surface area contributed by atoms with E-state index in [-0.39, 0.29) is 18.3 Å². The highest BCUT2D eigenvalue weighted by Gasteiger charge is 2.31. The van der Waals surface area contributed by atoms with Gasteiger partial charge < -0.3 is 14.4 Å². The van der Waals surface area contributed by atoms with Crippen LogP contribution in [-0.2, 0) is 9.47 Å². The van der Waals surface area contributed by atoms with Gasteiger partial charge in [0.25, 0.3) is 0 Å². The molecule has 6 heteroatoms. The van der Waals surface area contributed by atoms with Crippen molar-refractivity contribution in [2.75, 3.05) is 13.1 Å². The van der Waals surface area contributed by atoms with Gasteiger partial charge in [-0.1, -0.05) is 0 Å². The van der Waals surface area contributed by atoms with Crippen LogP contribution in [-0.4, -0.2) is 45.8 Å². The predicted octanol–water partition coefficient (Wildman–Crippen LogP) is 2.56. The van der Waals surface area contributed by atoms with E-state index in [9.17, 15) is 4.79 Å². The monoisotopic (exact) mass is 293 g/mol. The summed E-state index contributed by atoms with van der Waals surface area (Å²) in [5.74, 6) is 0. The molecule has 0 radical (unpaired) electrons. The van der Waals surface area contributed by atoms with Crippen molar-refractivity contribution in [2.45, 2.75) is 51.9 Å². The number of nitrogens with zero attached hydrogens (tertiary/aromatic N) is 3. The zero-order valence-corrected chi connectivity index (χ0v) is 13.1. The van der Waals surface area contributed by atoms with Gasteiger partial charge in [0.05, 0.1) is 30.6 Å². The number of hydrogen-bond donors (Lipinski definition) is 0. The molecule has 2 atom stereocenters. The summed E-state index contributed by atoms with van der Waals surface area (Å²) in [5, 5.41) is 0. The summed E-state index contributed by atoms with van der Waals surface area (Å²) in [5.41, 5.74) is 0.330. The fraction of sp³-hybridized carbons (Fsp3) is 0.667. The first-order chi connectivity index (χ1) is 9.85. The number of hydrogen-bond acceptors (Lipinski definition) is 5. The Morgan fingerprint density at radius 2 is 2.19 bits per heavy atom. The molecule has 0 bridgehead atoms. The summed E-state index contributed by atoms with van der Waals surface area (Å²) in [4.78, 5) is 21.9. The molecule has 1 aliphatic heterocycles. The van der Waals surface area contributed by atoms with E-state index in [0.29, 0.717) is 13.1 Å². The first-order valence-corrected chi connectivity index (χ1v) is 7.24. The maximum absolute atomic E-state index is 12.0. The fourth-order valence-electron chi connectivity index (χ4n) is 2.21. The normalized spacial score (nSPS) is 20.4. The molecule has 0 N–H and O–H groups in total. The van der Waals surface area contributed by atoms with Gasteiger partial charge in [-0.3, -0.25) is 9.97 Å². The molecule has 1 amide bonds. The van der Waals surface area contributed by atoms with Gasteiger partial charge in [-0.15, -0.1) is 0 Å². The summed E-state index contributed by atoms with van der Waals surface area (Å²) >= 11 is 0. The van der Waals surface area contributed by atoms with E-state index in [1.807, 2.05) is 27.7 Å². The predicted molar refractivity (Wildman–Crippen MR) is 77.7 cm³/mol. The molecule has 0 aliphatic carbocycles. The smallest absolute Gasteiger partial charge is 0.410 e. The minimum Gasteiger partial charge on any atom is -0.444 e. The second-order valence-corrected chi connectivity index (χ2v) is 6.25.